The number of nitrogens with one attached hydrogen (secondary N) is 1. The van der Waals surface area contributed by atoms with Crippen LogP contribution in [0.25, 0.3) is 11.4 Å². The van der Waals surface area contributed by atoms with Crippen molar-refractivity contribution in [3.8, 4) is 11.4 Å². The second-order valence-corrected chi connectivity index (χ2v) is 6.94. The Morgan fingerprint density at radius 1 is 1.18 bits per heavy atom. The summed E-state index contributed by atoms with van der Waals surface area (Å²) in [6.07, 6.45) is 1.82. The molecular formula is C21H23N5O2. The van der Waals surface area contributed by atoms with Crippen molar-refractivity contribution in [1.29, 1.82) is 0 Å². The van der Waals surface area contributed by atoms with Gasteiger partial charge >= 0.3 is 6.03 Å². The Morgan fingerprint density at radius 3 is 2.71 bits per heavy atom. The normalized spacial score (nSPS) is 16.8. The molecule has 3 N–H and O–H groups in total. The topological polar surface area (TPSA) is 97.3 Å². The van der Waals surface area contributed by atoms with Gasteiger partial charge in [0.25, 0.3) is 0 Å². The van der Waals surface area contributed by atoms with Crippen LogP contribution in [0.1, 0.15) is 30.2 Å². The highest BCUT2D eigenvalue weighted by Crippen LogP contribution is 2.28. The fourth-order valence-electron chi connectivity index (χ4n) is 3.40. The predicted octanol–water partition coefficient (Wildman–Crippen LogP) is 3.61. The Hall–Kier alpha value is -3.19. The SMILES string of the molecule is NCc1ccc(-c2noc(C3CCCN(C(=O)Nc4ccccc4)C3)n2)cc1. The van der Waals surface area contributed by atoms with Crippen LogP contribution in [0.5, 0.6) is 0 Å². The summed E-state index contributed by atoms with van der Waals surface area (Å²) in [6.45, 7) is 1.78. The lowest BCUT2D eigenvalue weighted by molar-refractivity contribution is 0.184. The number of nitrogens with two attached hydrogens (primary N) is 1. The molecule has 1 aromatic heterocycles. The molecule has 1 unspecified atom stereocenters. The van der Waals surface area contributed by atoms with Gasteiger partial charge in [-0.1, -0.05) is 47.6 Å². The zero-order chi connectivity index (χ0) is 19.3. The molecule has 3 aromatic rings. The molecule has 0 radical (unpaired) electrons. The van der Waals surface area contributed by atoms with E-state index in [0.29, 0.717) is 24.8 Å². The number of piperidine rings is 1. The molecule has 144 valence electrons. The highest BCUT2D eigenvalue weighted by Gasteiger charge is 2.28. The van der Waals surface area contributed by atoms with Crippen molar-refractivity contribution in [3.05, 3.63) is 66.1 Å². The molecule has 28 heavy (non-hydrogen) atoms. The minimum Gasteiger partial charge on any atom is -0.339 e. The van der Waals surface area contributed by atoms with E-state index >= 15 is 0 Å². The summed E-state index contributed by atoms with van der Waals surface area (Å²) in [5.74, 6) is 1.18. The lowest BCUT2D eigenvalue weighted by atomic mass is 9.98. The summed E-state index contributed by atoms with van der Waals surface area (Å²) in [7, 11) is 0. The van der Waals surface area contributed by atoms with E-state index in [-0.39, 0.29) is 11.9 Å². The molecule has 2 aromatic carbocycles. The van der Waals surface area contributed by atoms with E-state index in [0.717, 1.165) is 36.2 Å². The number of nitrogens with zero attached hydrogens (tertiary/aromatic N) is 3. The molecule has 0 saturated carbocycles. The summed E-state index contributed by atoms with van der Waals surface area (Å²) >= 11 is 0. The van der Waals surface area contributed by atoms with Crippen LogP contribution in [0.2, 0.25) is 0 Å². The fourth-order valence-corrected chi connectivity index (χ4v) is 3.40. The second-order valence-electron chi connectivity index (χ2n) is 6.94. The van der Waals surface area contributed by atoms with Gasteiger partial charge in [0.05, 0.1) is 5.92 Å². The summed E-state index contributed by atoms with van der Waals surface area (Å²) in [5, 5.41) is 7.05. The second kappa shape index (κ2) is 8.22. The van der Waals surface area contributed by atoms with Gasteiger partial charge in [0.1, 0.15) is 0 Å². The average Bonchev–Trinajstić information content (AvgIpc) is 3.25. The van der Waals surface area contributed by atoms with Crippen molar-refractivity contribution in [2.45, 2.75) is 25.3 Å². The number of carbonyl (C=O) groups excluding carboxylic acids is 1. The first-order valence-corrected chi connectivity index (χ1v) is 9.47. The zero-order valence-electron chi connectivity index (χ0n) is 15.5. The number of likely N-dealkylation sites (tertiary alicyclic amines) is 1. The van der Waals surface area contributed by atoms with Crippen LogP contribution in [-0.2, 0) is 6.54 Å². The van der Waals surface area contributed by atoms with Gasteiger partial charge < -0.3 is 20.5 Å². The molecule has 1 aliphatic heterocycles. The number of hydrogen-bond acceptors (Lipinski definition) is 5. The van der Waals surface area contributed by atoms with Gasteiger partial charge in [-0.25, -0.2) is 4.79 Å². The Morgan fingerprint density at radius 2 is 1.96 bits per heavy atom. The molecule has 0 aliphatic carbocycles. The number of rotatable bonds is 4. The summed E-state index contributed by atoms with van der Waals surface area (Å²) in [5.41, 5.74) is 8.37. The lowest BCUT2D eigenvalue weighted by Gasteiger charge is -2.31. The predicted molar refractivity (Wildman–Crippen MR) is 107 cm³/mol. The highest BCUT2D eigenvalue weighted by atomic mass is 16.5. The number of carbonyl (C=O) groups is 1. The largest absolute Gasteiger partial charge is 0.339 e. The first-order chi connectivity index (χ1) is 13.7. The number of para-hydroxylation sites is 1. The number of urea groups is 1. The summed E-state index contributed by atoms with van der Waals surface area (Å²) in [4.78, 5) is 18.9. The Kier molecular flexibility index (Phi) is 5.34. The molecule has 4 rings (SSSR count). The molecule has 1 atom stereocenters. The molecule has 0 bridgehead atoms. The fraction of sp³-hybridized carbons (Fsp3) is 0.286. The standard InChI is InChI=1S/C21H23N5O2/c22-13-15-8-10-16(11-9-15)19-24-20(28-25-19)17-5-4-12-26(14-17)21(27)23-18-6-2-1-3-7-18/h1-3,6-11,17H,4-5,12-14,22H2,(H,23,27). The maximum Gasteiger partial charge on any atom is 0.321 e. The number of hydrogen-bond donors (Lipinski definition) is 2. The van der Waals surface area contributed by atoms with Gasteiger partial charge in [-0.05, 0) is 30.5 Å². The molecule has 0 spiro atoms. The van der Waals surface area contributed by atoms with Crippen LogP contribution in [-0.4, -0.2) is 34.2 Å². The third-order valence-corrected chi connectivity index (χ3v) is 4.97. The monoisotopic (exact) mass is 377 g/mol. The molecular weight excluding hydrogens is 354 g/mol. The minimum absolute atomic E-state index is 0.0415. The number of aromatic nitrogens is 2. The van der Waals surface area contributed by atoms with E-state index in [1.165, 1.54) is 0 Å². The third kappa shape index (κ3) is 4.04. The summed E-state index contributed by atoms with van der Waals surface area (Å²) in [6, 6.07) is 17.2. The van der Waals surface area contributed by atoms with Crippen molar-refractivity contribution in [1.82, 2.24) is 15.0 Å². The van der Waals surface area contributed by atoms with Gasteiger partial charge in [-0.2, -0.15) is 4.98 Å². The minimum atomic E-state index is -0.104. The average molecular weight is 377 g/mol. The zero-order valence-corrected chi connectivity index (χ0v) is 15.5. The van der Waals surface area contributed by atoms with Crippen LogP contribution in [0.15, 0.2) is 59.1 Å². The molecule has 7 nitrogen and oxygen atoms in total. The van der Waals surface area contributed by atoms with E-state index in [1.807, 2.05) is 54.6 Å². The number of anilines is 1. The van der Waals surface area contributed by atoms with E-state index in [1.54, 1.807) is 4.90 Å². The van der Waals surface area contributed by atoms with Crippen molar-refractivity contribution in [2.75, 3.05) is 18.4 Å². The van der Waals surface area contributed by atoms with Crippen LogP contribution in [0.3, 0.4) is 0 Å². The lowest BCUT2D eigenvalue weighted by Crippen LogP contribution is -2.41. The van der Waals surface area contributed by atoms with Crippen LogP contribution in [0.4, 0.5) is 10.5 Å². The first kappa shape index (κ1) is 18.2. The van der Waals surface area contributed by atoms with Crippen molar-refractivity contribution in [3.63, 3.8) is 0 Å². The Balaban J connectivity index is 1.43. The van der Waals surface area contributed by atoms with Crippen LogP contribution < -0.4 is 11.1 Å². The maximum absolute atomic E-state index is 12.6. The van der Waals surface area contributed by atoms with Crippen molar-refractivity contribution >= 4 is 11.7 Å². The van der Waals surface area contributed by atoms with Crippen LogP contribution >= 0.6 is 0 Å². The Bertz CT molecular complexity index is 923. The van der Waals surface area contributed by atoms with Crippen molar-refractivity contribution in [2.24, 2.45) is 5.73 Å². The number of amides is 2. The van der Waals surface area contributed by atoms with Gasteiger partial charge in [-0.3, -0.25) is 0 Å². The van der Waals surface area contributed by atoms with Crippen LogP contribution in [0, 0.1) is 0 Å². The van der Waals surface area contributed by atoms with Gasteiger partial charge in [0.15, 0.2) is 0 Å². The highest BCUT2D eigenvalue weighted by molar-refractivity contribution is 5.89. The maximum atomic E-state index is 12.6. The first-order valence-electron chi connectivity index (χ1n) is 9.47. The summed E-state index contributed by atoms with van der Waals surface area (Å²) < 4.78 is 5.52. The number of benzene rings is 2. The molecule has 1 aliphatic rings. The molecule has 2 heterocycles. The quantitative estimate of drug-likeness (QED) is 0.724. The molecule has 7 heteroatoms. The van der Waals surface area contributed by atoms with E-state index in [4.69, 9.17) is 10.3 Å². The van der Waals surface area contributed by atoms with Gasteiger partial charge in [0, 0.05) is 30.9 Å². The molecule has 1 fully saturated rings. The van der Waals surface area contributed by atoms with Gasteiger partial charge in [0.2, 0.25) is 11.7 Å². The molecule has 2 amide bonds. The van der Waals surface area contributed by atoms with Gasteiger partial charge in [-0.15, -0.1) is 0 Å². The third-order valence-electron chi connectivity index (χ3n) is 4.97. The Labute approximate surface area is 163 Å². The van der Waals surface area contributed by atoms with Crippen molar-refractivity contribution < 1.29 is 9.32 Å². The smallest absolute Gasteiger partial charge is 0.321 e. The van der Waals surface area contributed by atoms with E-state index in [2.05, 4.69) is 15.5 Å². The van der Waals surface area contributed by atoms with E-state index in [9.17, 15) is 4.79 Å². The molecule has 1 saturated heterocycles. The van der Waals surface area contributed by atoms with E-state index < -0.39 is 0 Å².